The number of ether oxygens (including phenoxy) is 1. The molecule has 0 bridgehead atoms. The van der Waals surface area contributed by atoms with Gasteiger partial charge in [-0.25, -0.2) is 4.98 Å². The van der Waals surface area contributed by atoms with Crippen molar-refractivity contribution in [2.45, 2.75) is 13.8 Å². The minimum absolute atomic E-state index is 0.331. The van der Waals surface area contributed by atoms with Crippen molar-refractivity contribution in [1.82, 2.24) is 4.98 Å². The number of carbonyl (C=O) groups excluding carboxylic acids is 1. The topological polar surface area (TPSA) is 39.2 Å². The van der Waals surface area contributed by atoms with Crippen molar-refractivity contribution in [3.05, 3.63) is 48.0 Å². The molecule has 1 heterocycles. The summed E-state index contributed by atoms with van der Waals surface area (Å²) in [7, 11) is 0. The smallest absolute Gasteiger partial charge is 0.308 e. The average Bonchev–Trinajstić information content (AvgIpc) is 2.84. The normalized spacial score (nSPS) is 10.7. The van der Waals surface area contributed by atoms with Gasteiger partial charge in [-0.05, 0) is 19.1 Å². The summed E-state index contributed by atoms with van der Waals surface area (Å²) in [5.74, 6) is 0.187. The molecule has 0 N–H and O–H groups in total. The highest BCUT2D eigenvalue weighted by molar-refractivity contribution is 7.21. The largest absolute Gasteiger partial charge is 0.424 e. The van der Waals surface area contributed by atoms with Crippen molar-refractivity contribution in [3.8, 4) is 16.3 Å². The summed E-state index contributed by atoms with van der Waals surface area (Å²) in [6, 6.07) is 13.9. The number of rotatable bonds is 2. The van der Waals surface area contributed by atoms with E-state index in [0.717, 1.165) is 20.8 Å². The van der Waals surface area contributed by atoms with Crippen LogP contribution in [0.5, 0.6) is 5.75 Å². The molecule has 0 saturated carbocycles. The molecule has 100 valence electrons. The predicted octanol–water partition coefficient (Wildman–Crippen LogP) is 4.20. The molecule has 0 radical (unpaired) electrons. The van der Waals surface area contributed by atoms with Crippen LogP contribution < -0.4 is 4.74 Å². The summed E-state index contributed by atoms with van der Waals surface area (Å²) in [5, 5.41) is 0.930. The maximum Gasteiger partial charge on any atom is 0.308 e. The van der Waals surface area contributed by atoms with Crippen LogP contribution in [0.1, 0.15) is 12.5 Å². The van der Waals surface area contributed by atoms with Gasteiger partial charge in [-0.2, -0.15) is 0 Å². The molecule has 0 saturated heterocycles. The third-order valence-electron chi connectivity index (χ3n) is 2.93. The summed E-state index contributed by atoms with van der Waals surface area (Å²) in [5.41, 5.74) is 3.03. The third kappa shape index (κ3) is 2.42. The minimum atomic E-state index is -0.331. The van der Waals surface area contributed by atoms with E-state index in [4.69, 9.17) is 4.74 Å². The Bertz CT molecular complexity index is 775. The maximum absolute atomic E-state index is 11.1. The molecule has 0 aliphatic carbocycles. The molecule has 0 unspecified atom stereocenters. The monoisotopic (exact) mass is 283 g/mol. The molecular formula is C16H13NO2S. The lowest BCUT2D eigenvalue weighted by atomic mass is 10.2. The number of nitrogens with zero attached hydrogens (tertiary/aromatic N) is 1. The summed E-state index contributed by atoms with van der Waals surface area (Å²) in [6.07, 6.45) is 0. The number of benzene rings is 2. The second-order valence-electron chi connectivity index (χ2n) is 4.58. The molecule has 2 aromatic carbocycles. The average molecular weight is 283 g/mol. The highest BCUT2D eigenvalue weighted by Crippen LogP contribution is 2.34. The van der Waals surface area contributed by atoms with Crippen LogP contribution in [-0.2, 0) is 4.79 Å². The number of esters is 1. The molecule has 4 heteroatoms. The molecule has 0 atom stereocenters. The lowest BCUT2D eigenvalue weighted by Gasteiger charge is -2.00. The fourth-order valence-corrected chi connectivity index (χ4v) is 2.97. The third-order valence-corrected chi connectivity index (χ3v) is 4.00. The van der Waals surface area contributed by atoms with Gasteiger partial charge in [-0.15, -0.1) is 11.3 Å². The Balaban J connectivity index is 2.10. The zero-order valence-electron chi connectivity index (χ0n) is 11.2. The highest BCUT2D eigenvalue weighted by Gasteiger charge is 2.11. The van der Waals surface area contributed by atoms with E-state index in [9.17, 15) is 4.79 Å². The molecular weight excluding hydrogens is 270 g/mol. The van der Waals surface area contributed by atoms with Crippen molar-refractivity contribution in [1.29, 1.82) is 0 Å². The number of aryl methyl sites for hydroxylation is 1. The first kappa shape index (κ1) is 12.8. The summed E-state index contributed by atoms with van der Waals surface area (Å²) in [4.78, 5) is 15.7. The van der Waals surface area contributed by atoms with Crippen LogP contribution >= 0.6 is 11.3 Å². The quantitative estimate of drug-likeness (QED) is 0.522. The van der Waals surface area contributed by atoms with Gasteiger partial charge in [0.05, 0.1) is 4.70 Å². The number of hydrogen-bond acceptors (Lipinski definition) is 4. The van der Waals surface area contributed by atoms with E-state index in [2.05, 4.69) is 36.2 Å². The highest BCUT2D eigenvalue weighted by atomic mass is 32.1. The zero-order chi connectivity index (χ0) is 14.1. The molecule has 1 aromatic heterocycles. The Morgan fingerprint density at radius 1 is 1.15 bits per heavy atom. The number of para-hydroxylation sites is 1. The SMILES string of the molecule is CC(=O)Oc1cccc2sc(-c3ccc(C)cc3)nc12. The predicted molar refractivity (Wildman–Crippen MR) is 81.1 cm³/mol. The van der Waals surface area contributed by atoms with Gasteiger partial charge >= 0.3 is 5.97 Å². The second kappa shape index (κ2) is 5.06. The Morgan fingerprint density at radius 3 is 2.60 bits per heavy atom. The molecule has 0 fully saturated rings. The van der Waals surface area contributed by atoms with E-state index in [1.807, 2.05) is 12.1 Å². The van der Waals surface area contributed by atoms with Crippen LogP contribution in [-0.4, -0.2) is 11.0 Å². The Hall–Kier alpha value is -2.20. The standard InChI is InChI=1S/C16H13NO2S/c1-10-6-8-12(9-7-10)16-17-15-13(19-11(2)18)4-3-5-14(15)20-16/h3-9H,1-2H3. The number of aromatic nitrogens is 1. The summed E-state index contributed by atoms with van der Waals surface area (Å²) in [6.45, 7) is 3.45. The fraction of sp³-hybridized carbons (Fsp3) is 0.125. The summed E-state index contributed by atoms with van der Waals surface area (Å²) >= 11 is 1.60. The first-order valence-electron chi connectivity index (χ1n) is 6.28. The first-order chi connectivity index (χ1) is 9.63. The molecule has 0 spiro atoms. The van der Waals surface area contributed by atoms with Gasteiger partial charge in [0.2, 0.25) is 0 Å². The zero-order valence-corrected chi connectivity index (χ0v) is 12.0. The fourth-order valence-electron chi connectivity index (χ4n) is 1.98. The molecule has 0 aliphatic heterocycles. The summed E-state index contributed by atoms with van der Waals surface area (Å²) < 4.78 is 6.21. The van der Waals surface area contributed by atoms with E-state index in [-0.39, 0.29) is 5.97 Å². The van der Waals surface area contributed by atoms with Crippen LogP contribution in [0.2, 0.25) is 0 Å². The van der Waals surface area contributed by atoms with Crippen LogP contribution in [0.25, 0.3) is 20.8 Å². The Morgan fingerprint density at radius 2 is 1.90 bits per heavy atom. The van der Waals surface area contributed by atoms with Crippen molar-refractivity contribution in [2.75, 3.05) is 0 Å². The van der Waals surface area contributed by atoms with Crippen molar-refractivity contribution >= 4 is 27.5 Å². The van der Waals surface area contributed by atoms with Crippen LogP contribution in [0, 0.1) is 6.92 Å². The van der Waals surface area contributed by atoms with Crippen molar-refractivity contribution < 1.29 is 9.53 Å². The van der Waals surface area contributed by atoms with Gasteiger partial charge in [-0.3, -0.25) is 4.79 Å². The molecule has 3 rings (SSSR count). The van der Waals surface area contributed by atoms with E-state index in [1.165, 1.54) is 12.5 Å². The molecule has 0 amide bonds. The van der Waals surface area contributed by atoms with E-state index < -0.39 is 0 Å². The van der Waals surface area contributed by atoms with Crippen molar-refractivity contribution in [2.24, 2.45) is 0 Å². The van der Waals surface area contributed by atoms with Crippen LogP contribution in [0.4, 0.5) is 0 Å². The second-order valence-corrected chi connectivity index (χ2v) is 5.61. The minimum Gasteiger partial charge on any atom is -0.424 e. The molecule has 3 nitrogen and oxygen atoms in total. The van der Waals surface area contributed by atoms with E-state index in [1.54, 1.807) is 17.4 Å². The van der Waals surface area contributed by atoms with Gasteiger partial charge in [0.1, 0.15) is 10.5 Å². The van der Waals surface area contributed by atoms with Gasteiger partial charge in [0, 0.05) is 12.5 Å². The van der Waals surface area contributed by atoms with Crippen LogP contribution in [0.3, 0.4) is 0 Å². The molecule has 3 aromatic rings. The van der Waals surface area contributed by atoms with Gasteiger partial charge in [0.15, 0.2) is 5.75 Å². The lowest BCUT2D eigenvalue weighted by molar-refractivity contribution is -0.131. The van der Waals surface area contributed by atoms with E-state index in [0.29, 0.717) is 5.75 Å². The number of thiazole rings is 1. The van der Waals surface area contributed by atoms with Gasteiger partial charge in [-0.1, -0.05) is 35.9 Å². The number of hydrogen-bond donors (Lipinski definition) is 0. The Labute approximate surface area is 120 Å². The number of carbonyl (C=O) groups is 1. The van der Waals surface area contributed by atoms with Gasteiger partial charge in [0.25, 0.3) is 0 Å². The van der Waals surface area contributed by atoms with Crippen molar-refractivity contribution in [3.63, 3.8) is 0 Å². The Kier molecular flexibility index (Phi) is 3.24. The lowest BCUT2D eigenvalue weighted by Crippen LogP contribution is -2.01. The maximum atomic E-state index is 11.1. The van der Waals surface area contributed by atoms with Gasteiger partial charge < -0.3 is 4.74 Å². The molecule has 20 heavy (non-hydrogen) atoms. The van der Waals surface area contributed by atoms with E-state index >= 15 is 0 Å². The molecule has 0 aliphatic rings. The van der Waals surface area contributed by atoms with Crippen LogP contribution in [0.15, 0.2) is 42.5 Å². The number of fused-ring (bicyclic) bond motifs is 1. The first-order valence-corrected chi connectivity index (χ1v) is 7.10.